The van der Waals surface area contributed by atoms with Crippen LogP contribution >= 0.6 is 0 Å². The molecule has 1 aliphatic rings. The van der Waals surface area contributed by atoms with Crippen LogP contribution < -0.4 is 9.62 Å². The van der Waals surface area contributed by atoms with Crippen molar-refractivity contribution < 1.29 is 16.8 Å². The van der Waals surface area contributed by atoms with Crippen molar-refractivity contribution in [3.8, 4) is 0 Å². The number of benzene rings is 2. The number of anilines is 2. The second-order valence-electron chi connectivity index (χ2n) is 6.64. The van der Waals surface area contributed by atoms with Gasteiger partial charge in [0.25, 0.3) is 10.0 Å². The highest BCUT2D eigenvalue weighted by Gasteiger charge is 2.30. The average molecular weight is 395 g/mol. The number of rotatable bonds is 5. The van der Waals surface area contributed by atoms with Gasteiger partial charge in [-0.2, -0.15) is 0 Å². The first-order valence-electron chi connectivity index (χ1n) is 8.29. The molecule has 1 N–H and O–H groups in total. The highest BCUT2D eigenvalue weighted by atomic mass is 32.2. The molecule has 3 rings (SSSR count). The Morgan fingerprint density at radius 2 is 1.81 bits per heavy atom. The summed E-state index contributed by atoms with van der Waals surface area (Å²) in [4.78, 5) is 2.15. The molecule has 1 unspecified atom stereocenters. The Bertz CT molecular complexity index is 1000. The highest BCUT2D eigenvalue weighted by molar-refractivity contribution is 7.92. The van der Waals surface area contributed by atoms with Gasteiger partial charge in [0.05, 0.1) is 16.4 Å². The number of hydrogen-bond acceptors (Lipinski definition) is 5. The van der Waals surface area contributed by atoms with Crippen LogP contribution in [0.4, 0.5) is 11.4 Å². The molecule has 0 bridgehead atoms. The van der Waals surface area contributed by atoms with Gasteiger partial charge in [-0.1, -0.05) is 12.1 Å². The number of hydrogen-bond donors (Lipinski definition) is 1. The molecule has 0 spiro atoms. The summed E-state index contributed by atoms with van der Waals surface area (Å²) >= 11 is 0. The fourth-order valence-corrected chi connectivity index (χ4v) is 5.99. The lowest BCUT2D eigenvalue weighted by molar-refractivity contribution is 0.599. The van der Waals surface area contributed by atoms with E-state index in [0.29, 0.717) is 12.1 Å². The average Bonchev–Trinajstić information content (AvgIpc) is 2.94. The lowest BCUT2D eigenvalue weighted by atomic mass is 10.2. The largest absolute Gasteiger partial charge is 0.371 e. The summed E-state index contributed by atoms with van der Waals surface area (Å²) in [6.45, 7) is 1.84. The van der Waals surface area contributed by atoms with Gasteiger partial charge in [-0.3, -0.25) is 4.72 Å². The van der Waals surface area contributed by atoms with E-state index in [4.69, 9.17) is 0 Å². The van der Waals surface area contributed by atoms with Crippen molar-refractivity contribution in [2.45, 2.75) is 24.3 Å². The molecule has 140 valence electrons. The summed E-state index contributed by atoms with van der Waals surface area (Å²) in [6, 6.07) is 13.6. The summed E-state index contributed by atoms with van der Waals surface area (Å²) in [5, 5.41) is 0. The third-order valence-corrected chi connectivity index (χ3v) is 7.71. The van der Waals surface area contributed by atoms with Crippen LogP contribution in [0.3, 0.4) is 0 Å². The smallest absolute Gasteiger partial charge is 0.261 e. The fraction of sp³-hybridized carbons (Fsp3) is 0.333. The van der Waals surface area contributed by atoms with Gasteiger partial charge >= 0.3 is 0 Å². The molecule has 1 atom stereocenters. The summed E-state index contributed by atoms with van der Waals surface area (Å²) in [5.41, 5.74) is 2.18. The molecule has 2 aromatic rings. The Balaban J connectivity index is 1.74. The first-order chi connectivity index (χ1) is 12.2. The van der Waals surface area contributed by atoms with Gasteiger partial charge in [0, 0.05) is 24.5 Å². The van der Waals surface area contributed by atoms with Gasteiger partial charge in [0.1, 0.15) is 0 Å². The Kier molecular flexibility index (Phi) is 4.98. The van der Waals surface area contributed by atoms with Crippen LogP contribution in [0.15, 0.2) is 53.4 Å². The van der Waals surface area contributed by atoms with Crippen molar-refractivity contribution in [1.82, 2.24) is 0 Å². The molecule has 1 fully saturated rings. The second-order valence-corrected chi connectivity index (χ2v) is 10.5. The molecule has 2 aromatic carbocycles. The van der Waals surface area contributed by atoms with Crippen LogP contribution in [0.5, 0.6) is 0 Å². The topological polar surface area (TPSA) is 83.6 Å². The summed E-state index contributed by atoms with van der Waals surface area (Å²) in [5.74, 6) is 0.377. The monoisotopic (exact) mass is 394 g/mol. The zero-order valence-corrected chi connectivity index (χ0v) is 16.3. The van der Waals surface area contributed by atoms with Crippen LogP contribution in [-0.2, 0) is 19.9 Å². The van der Waals surface area contributed by atoms with E-state index in [1.54, 1.807) is 42.5 Å². The van der Waals surface area contributed by atoms with E-state index in [1.165, 1.54) is 0 Å². The van der Waals surface area contributed by atoms with Crippen LogP contribution in [0.25, 0.3) is 0 Å². The minimum atomic E-state index is -3.64. The lowest BCUT2D eigenvalue weighted by Crippen LogP contribution is -2.32. The Morgan fingerprint density at radius 3 is 2.38 bits per heavy atom. The summed E-state index contributed by atoms with van der Waals surface area (Å²) in [6.07, 6.45) is 0.612. The lowest BCUT2D eigenvalue weighted by Gasteiger charge is -2.25. The molecule has 0 aliphatic carbocycles. The highest BCUT2D eigenvalue weighted by Crippen LogP contribution is 2.25. The fourth-order valence-electron chi connectivity index (χ4n) is 3.05. The molecular weight excluding hydrogens is 372 g/mol. The van der Waals surface area contributed by atoms with Crippen molar-refractivity contribution in [3.63, 3.8) is 0 Å². The van der Waals surface area contributed by atoms with Gasteiger partial charge < -0.3 is 4.90 Å². The van der Waals surface area contributed by atoms with Gasteiger partial charge in [0.2, 0.25) is 0 Å². The van der Waals surface area contributed by atoms with E-state index in [-0.39, 0.29) is 22.4 Å². The molecule has 1 saturated heterocycles. The maximum absolute atomic E-state index is 12.5. The zero-order chi connectivity index (χ0) is 18.9. The molecular formula is C18H22N2O4S2. The van der Waals surface area contributed by atoms with E-state index >= 15 is 0 Å². The normalized spacial score (nSPS) is 19.2. The zero-order valence-electron chi connectivity index (χ0n) is 14.7. The third-order valence-electron chi connectivity index (χ3n) is 4.58. The quantitative estimate of drug-likeness (QED) is 0.842. The molecule has 6 nitrogen and oxygen atoms in total. The second kappa shape index (κ2) is 6.92. The first kappa shape index (κ1) is 18.7. The Labute approximate surface area is 154 Å². The predicted octanol–water partition coefficient (Wildman–Crippen LogP) is 2.42. The van der Waals surface area contributed by atoms with Crippen LogP contribution in [0.2, 0.25) is 0 Å². The molecule has 0 radical (unpaired) electrons. The molecule has 0 amide bonds. The number of nitrogens with one attached hydrogen (secondary N) is 1. The maximum atomic E-state index is 12.5. The molecule has 1 heterocycles. The maximum Gasteiger partial charge on any atom is 0.261 e. The number of sulfone groups is 1. The molecule has 0 aromatic heterocycles. The first-order valence-corrected chi connectivity index (χ1v) is 11.6. The third kappa shape index (κ3) is 4.19. The minimum absolute atomic E-state index is 0.0464. The summed E-state index contributed by atoms with van der Waals surface area (Å²) < 4.78 is 50.8. The van der Waals surface area contributed by atoms with Crippen molar-refractivity contribution in [2.24, 2.45) is 0 Å². The van der Waals surface area contributed by atoms with Crippen LogP contribution in [0, 0.1) is 6.92 Å². The number of nitrogens with zero attached hydrogens (tertiary/aromatic N) is 1. The van der Waals surface area contributed by atoms with Crippen LogP contribution in [-0.4, -0.2) is 41.4 Å². The van der Waals surface area contributed by atoms with Gasteiger partial charge in [-0.25, -0.2) is 16.8 Å². The molecule has 1 aliphatic heterocycles. The molecule has 8 heteroatoms. The SMILES string of the molecule is Cc1cccc(S(=O)(=O)Nc2ccc(N(C)C3CCS(=O)(=O)C3)cc2)c1. The van der Waals surface area contributed by atoms with Gasteiger partial charge in [0.15, 0.2) is 9.84 Å². The predicted molar refractivity (Wildman–Crippen MR) is 104 cm³/mol. The van der Waals surface area contributed by atoms with Gasteiger partial charge in [-0.15, -0.1) is 0 Å². The van der Waals surface area contributed by atoms with E-state index < -0.39 is 19.9 Å². The molecule has 26 heavy (non-hydrogen) atoms. The van der Waals surface area contributed by atoms with Crippen molar-refractivity contribution in [2.75, 3.05) is 28.2 Å². The van der Waals surface area contributed by atoms with E-state index in [9.17, 15) is 16.8 Å². The number of sulfonamides is 1. The molecule has 0 saturated carbocycles. The van der Waals surface area contributed by atoms with Crippen molar-refractivity contribution in [1.29, 1.82) is 0 Å². The Morgan fingerprint density at radius 1 is 1.12 bits per heavy atom. The van der Waals surface area contributed by atoms with E-state index in [2.05, 4.69) is 4.72 Å². The van der Waals surface area contributed by atoms with Crippen molar-refractivity contribution >= 4 is 31.2 Å². The van der Waals surface area contributed by atoms with Crippen LogP contribution in [0.1, 0.15) is 12.0 Å². The van der Waals surface area contributed by atoms with E-state index in [0.717, 1.165) is 11.3 Å². The van der Waals surface area contributed by atoms with Crippen molar-refractivity contribution in [3.05, 3.63) is 54.1 Å². The summed E-state index contributed by atoms with van der Waals surface area (Å²) in [7, 11) is -4.73. The Hall–Kier alpha value is -2.06. The van der Waals surface area contributed by atoms with Gasteiger partial charge in [-0.05, 0) is 55.3 Å². The standard InChI is InChI=1S/C18H22N2O4S2/c1-14-4-3-5-18(12-14)26(23,24)19-15-6-8-16(9-7-15)20(2)17-10-11-25(21,22)13-17/h3-9,12,17,19H,10-11,13H2,1-2H3. The van der Waals surface area contributed by atoms with E-state index in [1.807, 2.05) is 24.9 Å². The number of aryl methyl sites for hydroxylation is 1. The minimum Gasteiger partial charge on any atom is -0.371 e.